The maximum atomic E-state index is 11.7. The van der Waals surface area contributed by atoms with Gasteiger partial charge in [-0.25, -0.2) is 8.42 Å². The van der Waals surface area contributed by atoms with Crippen molar-refractivity contribution in [3.63, 3.8) is 0 Å². The maximum Gasteiger partial charge on any atom is 0.231 e. The van der Waals surface area contributed by atoms with E-state index in [2.05, 4.69) is 25.6 Å². The van der Waals surface area contributed by atoms with Crippen LogP contribution in [0.15, 0.2) is 0 Å². The summed E-state index contributed by atoms with van der Waals surface area (Å²) in [4.78, 5) is 11.7. The standard InChI is InChI=1S/C9H15N5O3S2/c1-19(16,17)14-9-13-12-8(18-9)11-7(15)5-6-3-2-4-10-6/h6,10H,2-5H2,1H3,(H,13,14)(H,11,12,15). The fourth-order valence-corrected chi connectivity index (χ4v) is 3.29. The molecule has 1 amide bonds. The largest absolute Gasteiger partial charge is 0.313 e. The lowest BCUT2D eigenvalue weighted by molar-refractivity contribution is -0.116. The minimum absolute atomic E-state index is 0.136. The first-order valence-electron chi connectivity index (χ1n) is 5.77. The second-order valence-corrected chi connectivity index (χ2v) is 7.06. The van der Waals surface area contributed by atoms with Crippen molar-refractivity contribution in [2.24, 2.45) is 0 Å². The molecular weight excluding hydrogens is 290 g/mol. The van der Waals surface area contributed by atoms with Gasteiger partial charge in [0.05, 0.1) is 6.26 Å². The average molecular weight is 305 g/mol. The van der Waals surface area contributed by atoms with E-state index >= 15 is 0 Å². The highest BCUT2D eigenvalue weighted by atomic mass is 32.2. The normalized spacial score (nSPS) is 19.3. The molecule has 1 saturated heterocycles. The Balaban J connectivity index is 1.87. The van der Waals surface area contributed by atoms with Crippen molar-refractivity contribution in [3.05, 3.63) is 0 Å². The number of hydrogen-bond donors (Lipinski definition) is 3. The quantitative estimate of drug-likeness (QED) is 0.705. The molecule has 0 bridgehead atoms. The summed E-state index contributed by atoms with van der Waals surface area (Å²) in [5.74, 6) is -0.151. The molecule has 8 nitrogen and oxygen atoms in total. The van der Waals surface area contributed by atoms with Gasteiger partial charge in [0.25, 0.3) is 0 Å². The van der Waals surface area contributed by atoms with E-state index in [1.54, 1.807) is 0 Å². The van der Waals surface area contributed by atoms with E-state index in [1.807, 2.05) is 0 Å². The van der Waals surface area contributed by atoms with Gasteiger partial charge in [0.2, 0.25) is 26.2 Å². The predicted octanol–water partition coefficient (Wildman–Crippen LogP) is -0.00980. The van der Waals surface area contributed by atoms with Gasteiger partial charge in [-0.15, -0.1) is 10.2 Å². The first-order chi connectivity index (χ1) is 8.92. The van der Waals surface area contributed by atoms with Gasteiger partial charge in [-0.1, -0.05) is 11.3 Å². The fourth-order valence-electron chi connectivity index (χ4n) is 1.80. The summed E-state index contributed by atoms with van der Waals surface area (Å²) in [6, 6.07) is 0.210. The highest BCUT2D eigenvalue weighted by Gasteiger charge is 2.18. The van der Waals surface area contributed by atoms with Crippen LogP contribution in [0.3, 0.4) is 0 Å². The van der Waals surface area contributed by atoms with Crippen LogP contribution in [-0.4, -0.2) is 43.4 Å². The molecule has 1 aromatic heterocycles. The summed E-state index contributed by atoms with van der Waals surface area (Å²) in [6.45, 7) is 0.944. The Hall–Kier alpha value is -1.26. The topological polar surface area (TPSA) is 113 Å². The fraction of sp³-hybridized carbons (Fsp3) is 0.667. The molecule has 2 heterocycles. The summed E-state index contributed by atoms with van der Waals surface area (Å²) in [5, 5.41) is 13.6. The van der Waals surface area contributed by atoms with Gasteiger partial charge in [0.15, 0.2) is 0 Å². The molecular formula is C9H15N5O3S2. The maximum absolute atomic E-state index is 11.7. The third-order valence-corrected chi connectivity index (χ3v) is 3.99. The zero-order valence-corrected chi connectivity index (χ0v) is 12.0. The van der Waals surface area contributed by atoms with Crippen molar-refractivity contribution in [1.82, 2.24) is 15.5 Å². The summed E-state index contributed by atoms with van der Waals surface area (Å²) in [7, 11) is -3.38. The van der Waals surface area contributed by atoms with Gasteiger partial charge in [-0.3, -0.25) is 9.52 Å². The number of aromatic nitrogens is 2. The van der Waals surface area contributed by atoms with Crippen LogP contribution in [0.4, 0.5) is 10.3 Å². The number of rotatable bonds is 5. The second kappa shape index (κ2) is 5.80. The van der Waals surface area contributed by atoms with Crippen LogP contribution in [0.5, 0.6) is 0 Å². The van der Waals surface area contributed by atoms with Crippen molar-refractivity contribution in [2.75, 3.05) is 22.8 Å². The van der Waals surface area contributed by atoms with Crippen molar-refractivity contribution in [2.45, 2.75) is 25.3 Å². The second-order valence-electron chi connectivity index (χ2n) is 4.33. The van der Waals surface area contributed by atoms with Crippen molar-refractivity contribution < 1.29 is 13.2 Å². The van der Waals surface area contributed by atoms with Crippen LogP contribution in [0.25, 0.3) is 0 Å². The number of carbonyl (C=O) groups is 1. The zero-order valence-electron chi connectivity index (χ0n) is 10.3. The van der Waals surface area contributed by atoms with Crippen LogP contribution in [-0.2, 0) is 14.8 Å². The molecule has 10 heteroatoms. The highest BCUT2D eigenvalue weighted by Crippen LogP contribution is 2.21. The Morgan fingerprint density at radius 2 is 2.21 bits per heavy atom. The Morgan fingerprint density at radius 3 is 2.84 bits per heavy atom. The van der Waals surface area contributed by atoms with E-state index in [-0.39, 0.29) is 22.2 Å². The molecule has 1 aliphatic rings. The monoisotopic (exact) mass is 305 g/mol. The molecule has 1 atom stereocenters. The molecule has 1 fully saturated rings. The molecule has 2 rings (SSSR count). The lowest BCUT2D eigenvalue weighted by atomic mass is 10.1. The number of sulfonamides is 1. The van der Waals surface area contributed by atoms with Gasteiger partial charge in [0.1, 0.15) is 0 Å². The number of carbonyl (C=O) groups excluding carboxylic acids is 1. The summed E-state index contributed by atoms with van der Waals surface area (Å²) >= 11 is 0.981. The SMILES string of the molecule is CS(=O)(=O)Nc1nnc(NC(=O)CC2CCCN2)s1. The molecule has 1 aromatic rings. The zero-order chi connectivity index (χ0) is 13.9. The predicted molar refractivity (Wildman–Crippen MR) is 72.6 cm³/mol. The first-order valence-corrected chi connectivity index (χ1v) is 8.48. The smallest absolute Gasteiger partial charge is 0.231 e. The van der Waals surface area contributed by atoms with Crippen LogP contribution in [0, 0.1) is 0 Å². The Bertz CT molecular complexity index is 550. The van der Waals surface area contributed by atoms with E-state index in [0.29, 0.717) is 6.42 Å². The molecule has 0 aromatic carbocycles. The molecule has 0 aliphatic carbocycles. The van der Waals surface area contributed by atoms with Crippen LogP contribution in [0.2, 0.25) is 0 Å². The van der Waals surface area contributed by atoms with Gasteiger partial charge in [-0.05, 0) is 19.4 Å². The van der Waals surface area contributed by atoms with Gasteiger partial charge >= 0.3 is 0 Å². The minimum Gasteiger partial charge on any atom is -0.313 e. The summed E-state index contributed by atoms with van der Waals surface area (Å²) < 4.78 is 24.2. The molecule has 0 spiro atoms. The first kappa shape index (κ1) is 14.2. The lowest BCUT2D eigenvalue weighted by Crippen LogP contribution is -2.27. The van der Waals surface area contributed by atoms with Crippen molar-refractivity contribution in [1.29, 1.82) is 0 Å². The molecule has 1 unspecified atom stereocenters. The number of hydrogen-bond acceptors (Lipinski definition) is 7. The minimum atomic E-state index is -3.38. The van der Waals surface area contributed by atoms with E-state index in [1.165, 1.54) is 0 Å². The van der Waals surface area contributed by atoms with Gasteiger partial charge in [0, 0.05) is 12.5 Å². The highest BCUT2D eigenvalue weighted by molar-refractivity contribution is 7.92. The average Bonchev–Trinajstić information content (AvgIpc) is 2.88. The van der Waals surface area contributed by atoms with E-state index in [0.717, 1.165) is 37.0 Å². The van der Waals surface area contributed by atoms with Gasteiger partial charge < -0.3 is 10.6 Å². The molecule has 106 valence electrons. The summed E-state index contributed by atoms with van der Waals surface area (Å²) in [6.07, 6.45) is 3.48. The number of anilines is 2. The third kappa shape index (κ3) is 4.73. The van der Waals surface area contributed by atoms with Crippen LogP contribution in [0.1, 0.15) is 19.3 Å². The van der Waals surface area contributed by atoms with E-state index < -0.39 is 10.0 Å². The number of nitrogens with zero attached hydrogens (tertiary/aromatic N) is 2. The Morgan fingerprint density at radius 1 is 1.47 bits per heavy atom. The number of amides is 1. The number of nitrogens with one attached hydrogen (secondary N) is 3. The van der Waals surface area contributed by atoms with E-state index in [4.69, 9.17) is 0 Å². The molecule has 0 radical (unpaired) electrons. The van der Waals surface area contributed by atoms with Crippen LogP contribution < -0.4 is 15.4 Å². The van der Waals surface area contributed by atoms with E-state index in [9.17, 15) is 13.2 Å². The van der Waals surface area contributed by atoms with Crippen molar-refractivity contribution >= 4 is 37.5 Å². The summed E-state index contributed by atoms with van der Waals surface area (Å²) in [5.41, 5.74) is 0. The molecule has 19 heavy (non-hydrogen) atoms. The molecule has 0 saturated carbocycles. The van der Waals surface area contributed by atoms with Gasteiger partial charge in [-0.2, -0.15) is 0 Å². The Labute approximate surface area is 115 Å². The third-order valence-electron chi connectivity index (χ3n) is 2.54. The van der Waals surface area contributed by atoms with Crippen LogP contribution >= 0.6 is 11.3 Å². The lowest BCUT2D eigenvalue weighted by Gasteiger charge is -2.08. The Kier molecular flexibility index (Phi) is 4.32. The molecule has 1 aliphatic heterocycles. The molecule has 3 N–H and O–H groups in total. The van der Waals surface area contributed by atoms with Crippen molar-refractivity contribution in [3.8, 4) is 0 Å².